The van der Waals surface area contributed by atoms with E-state index in [1.165, 1.54) is 5.56 Å². The van der Waals surface area contributed by atoms with Gasteiger partial charge in [-0.25, -0.2) is 0 Å². The second-order valence-electron chi connectivity index (χ2n) is 5.28. The van der Waals surface area contributed by atoms with Gasteiger partial charge < -0.3 is 4.74 Å². The van der Waals surface area contributed by atoms with Crippen LogP contribution < -0.4 is 4.74 Å². The van der Waals surface area contributed by atoms with E-state index in [1.807, 2.05) is 19.1 Å². The molecule has 0 saturated carbocycles. The fourth-order valence-electron chi connectivity index (χ4n) is 2.57. The van der Waals surface area contributed by atoms with Crippen LogP contribution in [0.15, 0.2) is 24.3 Å². The average molecular weight is 256 g/mol. The number of fused-ring (bicyclic) bond motifs is 1. The smallest absolute Gasteiger partial charge is 0.160 e. The predicted molar refractivity (Wildman–Crippen MR) is 79.3 cm³/mol. The average Bonchev–Trinajstić information content (AvgIpc) is 2.36. The zero-order valence-corrected chi connectivity index (χ0v) is 12.2. The SMILES string of the molecule is COc1cc2c(C(C)=O)c(C)ccc2cc1C(C)C. The Kier molecular flexibility index (Phi) is 3.61. The summed E-state index contributed by atoms with van der Waals surface area (Å²) in [5.41, 5.74) is 2.99. The summed E-state index contributed by atoms with van der Waals surface area (Å²) in [5, 5.41) is 2.08. The Hall–Kier alpha value is -1.83. The van der Waals surface area contributed by atoms with Crippen LogP contribution in [0.25, 0.3) is 10.8 Å². The standard InChI is InChI=1S/C17H20O2/c1-10(2)14-8-13-7-6-11(3)17(12(4)18)15(13)9-16(14)19-5/h6-10H,1-5H3. The van der Waals surface area contributed by atoms with Crippen molar-refractivity contribution in [3.05, 3.63) is 41.0 Å². The molecule has 0 unspecified atom stereocenters. The van der Waals surface area contributed by atoms with Gasteiger partial charge in [-0.15, -0.1) is 0 Å². The molecule has 100 valence electrons. The van der Waals surface area contributed by atoms with Crippen molar-refractivity contribution >= 4 is 16.6 Å². The molecule has 0 heterocycles. The number of methoxy groups -OCH3 is 1. The van der Waals surface area contributed by atoms with Crippen LogP contribution in [0.5, 0.6) is 5.75 Å². The Bertz CT molecular complexity index is 639. The normalized spacial score (nSPS) is 11.1. The Labute approximate surface area is 114 Å². The van der Waals surface area contributed by atoms with E-state index >= 15 is 0 Å². The first kappa shape index (κ1) is 13.6. The fraction of sp³-hybridized carbons (Fsp3) is 0.353. The first-order valence-electron chi connectivity index (χ1n) is 6.58. The first-order valence-corrected chi connectivity index (χ1v) is 6.58. The zero-order valence-electron chi connectivity index (χ0n) is 12.2. The van der Waals surface area contributed by atoms with Gasteiger partial charge in [0.05, 0.1) is 7.11 Å². The minimum absolute atomic E-state index is 0.0995. The second-order valence-corrected chi connectivity index (χ2v) is 5.28. The van der Waals surface area contributed by atoms with Crippen LogP contribution in [-0.2, 0) is 0 Å². The molecule has 0 aliphatic rings. The van der Waals surface area contributed by atoms with Crippen molar-refractivity contribution in [3.8, 4) is 5.75 Å². The molecule has 2 heteroatoms. The van der Waals surface area contributed by atoms with E-state index in [2.05, 4.69) is 26.0 Å². The van der Waals surface area contributed by atoms with Crippen LogP contribution in [0.1, 0.15) is 48.2 Å². The lowest BCUT2D eigenvalue weighted by Gasteiger charge is -2.15. The van der Waals surface area contributed by atoms with Gasteiger partial charge in [0.1, 0.15) is 5.75 Å². The van der Waals surface area contributed by atoms with E-state index in [9.17, 15) is 4.79 Å². The number of benzene rings is 2. The maximum atomic E-state index is 11.9. The molecule has 0 aliphatic carbocycles. The Morgan fingerprint density at radius 3 is 2.42 bits per heavy atom. The molecule has 0 amide bonds. The monoisotopic (exact) mass is 256 g/mol. The lowest BCUT2D eigenvalue weighted by molar-refractivity contribution is 0.101. The molecule has 19 heavy (non-hydrogen) atoms. The third-order valence-electron chi connectivity index (χ3n) is 3.55. The Morgan fingerprint density at radius 2 is 1.89 bits per heavy atom. The van der Waals surface area contributed by atoms with Gasteiger partial charge in [0.25, 0.3) is 0 Å². The molecule has 2 rings (SSSR count). The van der Waals surface area contributed by atoms with Gasteiger partial charge in [0.15, 0.2) is 5.78 Å². The van der Waals surface area contributed by atoms with E-state index in [0.717, 1.165) is 27.6 Å². The molecule has 2 aromatic rings. The zero-order chi connectivity index (χ0) is 14.2. The summed E-state index contributed by atoms with van der Waals surface area (Å²) in [5.74, 6) is 1.35. The number of carbonyl (C=O) groups is 1. The van der Waals surface area contributed by atoms with Gasteiger partial charge >= 0.3 is 0 Å². The molecule has 2 nitrogen and oxygen atoms in total. The molecule has 0 fully saturated rings. The van der Waals surface area contributed by atoms with Crippen molar-refractivity contribution in [3.63, 3.8) is 0 Å². The maximum absolute atomic E-state index is 11.9. The number of ketones is 1. The molecule has 0 atom stereocenters. The molecule has 0 N–H and O–H groups in total. The summed E-state index contributed by atoms with van der Waals surface area (Å²) in [7, 11) is 1.68. The quantitative estimate of drug-likeness (QED) is 0.757. The second kappa shape index (κ2) is 5.04. The van der Waals surface area contributed by atoms with Crippen molar-refractivity contribution in [1.82, 2.24) is 0 Å². The molecule has 0 bridgehead atoms. The molecule has 0 saturated heterocycles. The molecular formula is C17H20O2. The fourth-order valence-corrected chi connectivity index (χ4v) is 2.57. The van der Waals surface area contributed by atoms with Crippen LogP contribution >= 0.6 is 0 Å². The minimum Gasteiger partial charge on any atom is -0.496 e. The molecule has 0 radical (unpaired) electrons. The van der Waals surface area contributed by atoms with Gasteiger partial charge in [-0.3, -0.25) is 4.79 Å². The van der Waals surface area contributed by atoms with Crippen LogP contribution in [0.3, 0.4) is 0 Å². The lowest BCUT2D eigenvalue weighted by Crippen LogP contribution is -2.00. The maximum Gasteiger partial charge on any atom is 0.160 e. The molecule has 0 aromatic heterocycles. The molecule has 0 spiro atoms. The Morgan fingerprint density at radius 1 is 1.21 bits per heavy atom. The van der Waals surface area contributed by atoms with Crippen LogP contribution in [-0.4, -0.2) is 12.9 Å². The third kappa shape index (κ3) is 2.35. The summed E-state index contributed by atoms with van der Waals surface area (Å²) in [6.07, 6.45) is 0. The highest BCUT2D eigenvalue weighted by Gasteiger charge is 2.14. The lowest BCUT2D eigenvalue weighted by atomic mass is 9.92. The van der Waals surface area contributed by atoms with Crippen molar-refractivity contribution < 1.29 is 9.53 Å². The predicted octanol–water partition coefficient (Wildman–Crippen LogP) is 4.48. The number of hydrogen-bond donors (Lipinski definition) is 0. The summed E-state index contributed by atoms with van der Waals surface area (Å²) in [6.45, 7) is 7.87. The van der Waals surface area contributed by atoms with E-state index in [-0.39, 0.29) is 5.78 Å². The topological polar surface area (TPSA) is 26.3 Å². The van der Waals surface area contributed by atoms with Gasteiger partial charge in [0.2, 0.25) is 0 Å². The molecule has 0 aliphatic heterocycles. The molecule has 2 aromatic carbocycles. The summed E-state index contributed by atoms with van der Waals surface area (Å²) in [6, 6.07) is 8.21. The first-order chi connectivity index (χ1) is 8.95. The number of ether oxygens (including phenoxy) is 1. The van der Waals surface area contributed by atoms with Crippen molar-refractivity contribution in [2.45, 2.75) is 33.6 Å². The van der Waals surface area contributed by atoms with Gasteiger partial charge in [-0.1, -0.05) is 26.0 Å². The highest BCUT2D eigenvalue weighted by atomic mass is 16.5. The number of carbonyl (C=O) groups excluding carboxylic acids is 1. The van der Waals surface area contributed by atoms with Crippen LogP contribution in [0, 0.1) is 6.92 Å². The van der Waals surface area contributed by atoms with E-state index in [4.69, 9.17) is 4.74 Å². The third-order valence-corrected chi connectivity index (χ3v) is 3.55. The van der Waals surface area contributed by atoms with E-state index < -0.39 is 0 Å². The summed E-state index contributed by atoms with van der Waals surface area (Å²) < 4.78 is 5.48. The van der Waals surface area contributed by atoms with Gasteiger partial charge in [-0.05, 0) is 53.8 Å². The van der Waals surface area contributed by atoms with E-state index in [1.54, 1.807) is 14.0 Å². The Balaban J connectivity index is 2.85. The number of aryl methyl sites for hydroxylation is 1. The largest absolute Gasteiger partial charge is 0.496 e. The minimum atomic E-state index is 0.0995. The number of rotatable bonds is 3. The number of hydrogen-bond acceptors (Lipinski definition) is 2. The van der Waals surface area contributed by atoms with Gasteiger partial charge in [0, 0.05) is 5.56 Å². The van der Waals surface area contributed by atoms with Crippen molar-refractivity contribution in [2.24, 2.45) is 0 Å². The summed E-state index contributed by atoms with van der Waals surface area (Å²) in [4.78, 5) is 11.9. The van der Waals surface area contributed by atoms with E-state index in [0.29, 0.717) is 5.92 Å². The van der Waals surface area contributed by atoms with Crippen molar-refractivity contribution in [1.29, 1.82) is 0 Å². The van der Waals surface area contributed by atoms with Crippen LogP contribution in [0.4, 0.5) is 0 Å². The highest BCUT2D eigenvalue weighted by Crippen LogP contribution is 2.33. The molecular weight excluding hydrogens is 236 g/mol. The highest BCUT2D eigenvalue weighted by molar-refractivity contribution is 6.08. The number of Topliss-reactive ketones (excluding diaryl/α,β-unsaturated/α-hetero) is 1. The van der Waals surface area contributed by atoms with Crippen molar-refractivity contribution in [2.75, 3.05) is 7.11 Å². The van der Waals surface area contributed by atoms with Crippen LogP contribution in [0.2, 0.25) is 0 Å². The summed E-state index contributed by atoms with van der Waals surface area (Å²) >= 11 is 0. The van der Waals surface area contributed by atoms with Gasteiger partial charge in [-0.2, -0.15) is 0 Å².